The van der Waals surface area contributed by atoms with Gasteiger partial charge in [0.1, 0.15) is 17.2 Å². The topological polar surface area (TPSA) is 99.9 Å². The number of aryl methyl sites for hydroxylation is 1. The van der Waals surface area contributed by atoms with Crippen LogP contribution in [0, 0.1) is 6.92 Å². The Hall–Kier alpha value is -3.55. The fourth-order valence-electron chi connectivity index (χ4n) is 3.33. The molecule has 1 N–H and O–H groups in total. The number of hydrogen-bond acceptors (Lipinski definition) is 7. The van der Waals surface area contributed by atoms with Crippen LogP contribution in [0.25, 0.3) is 11.1 Å². The second kappa shape index (κ2) is 6.88. The molecule has 28 heavy (non-hydrogen) atoms. The lowest BCUT2D eigenvalue weighted by Gasteiger charge is -2.12. The lowest BCUT2D eigenvalue weighted by Crippen LogP contribution is -2.15. The standard InChI is InChI=1S/C20H18N2O6/c1-10-21-13-8-11(4-6-14(13)27-10)22-17(23)9-16-12-5-7-15(25-2)19(26-3)18(12)20(24)28-16/h4-8,16H,9H2,1-3H3,(H,22,23). The zero-order chi connectivity index (χ0) is 19.8. The molecule has 0 bridgehead atoms. The van der Waals surface area contributed by atoms with Crippen molar-refractivity contribution >= 4 is 28.7 Å². The van der Waals surface area contributed by atoms with E-state index in [9.17, 15) is 9.59 Å². The van der Waals surface area contributed by atoms with Gasteiger partial charge in [0.25, 0.3) is 0 Å². The normalized spacial score (nSPS) is 15.2. The summed E-state index contributed by atoms with van der Waals surface area (Å²) in [4.78, 5) is 29.1. The van der Waals surface area contributed by atoms with E-state index in [1.807, 2.05) is 0 Å². The van der Waals surface area contributed by atoms with E-state index in [1.165, 1.54) is 14.2 Å². The van der Waals surface area contributed by atoms with Gasteiger partial charge in [0.2, 0.25) is 5.91 Å². The summed E-state index contributed by atoms with van der Waals surface area (Å²) in [7, 11) is 2.94. The summed E-state index contributed by atoms with van der Waals surface area (Å²) in [5, 5.41) is 2.80. The number of carbonyl (C=O) groups excluding carboxylic acids is 2. The molecule has 0 spiro atoms. The predicted molar refractivity (Wildman–Crippen MR) is 99.7 cm³/mol. The van der Waals surface area contributed by atoms with E-state index in [-0.39, 0.29) is 12.3 Å². The third-order valence-electron chi connectivity index (χ3n) is 4.53. The van der Waals surface area contributed by atoms with Crippen molar-refractivity contribution in [3.8, 4) is 11.5 Å². The first-order chi connectivity index (χ1) is 13.5. The number of fused-ring (bicyclic) bond motifs is 2. The van der Waals surface area contributed by atoms with Gasteiger partial charge in [-0.25, -0.2) is 9.78 Å². The van der Waals surface area contributed by atoms with Crippen molar-refractivity contribution in [3.63, 3.8) is 0 Å². The van der Waals surface area contributed by atoms with Crippen LogP contribution in [0.15, 0.2) is 34.7 Å². The van der Waals surface area contributed by atoms with Gasteiger partial charge in [0.15, 0.2) is 23.0 Å². The molecule has 2 heterocycles. The lowest BCUT2D eigenvalue weighted by molar-refractivity contribution is -0.118. The Morgan fingerprint density at radius 2 is 2.04 bits per heavy atom. The first-order valence-corrected chi connectivity index (χ1v) is 8.63. The Kier molecular flexibility index (Phi) is 4.38. The highest BCUT2D eigenvalue weighted by Crippen LogP contribution is 2.43. The molecular formula is C20H18N2O6. The summed E-state index contributed by atoms with van der Waals surface area (Å²) in [6.07, 6.45) is -0.718. The predicted octanol–water partition coefficient (Wildman–Crippen LogP) is 3.39. The molecule has 144 valence electrons. The summed E-state index contributed by atoms with van der Waals surface area (Å²) >= 11 is 0. The van der Waals surface area contributed by atoms with Crippen LogP contribution >= 0.6 is 0 Å². The van der Waals surface area contributed by atoms with Crippen LogP contribution in [-0.4, -0.2) is 31.1 Å². The maximum atomic E-state index is 12.5. The van der Waals surface area contributed by atoms with Crippen molar-refractivity contribution in [3.05, 3.63) is 47.3 Å². The number of cyclic esters (lactones) is 1. The number of methoxy groups -OCH3 is 2. The van der Waals surface area contributed by atoms with E-state index in [0.29, 0.717) is 45.3 Å². The molecule has 0 fully saturated rings. The third-order valence-corrected chi connectivity index (χ3v) is 4.53. The number of anilines is 1. The SMILES string of the molecule is COc1ccc2c(c1OC)C(=O)OC2CC(=O)Nc1ccc2oc(C)nc2c1. The van der Waals surface area contributed by atoms with E-state index in [0.717, 1.165) is 0 Å². The average Bonchev–Trinajstić information content (AvgIpc) is 3.19. The van der Waals surface area contributed by atoms with Crippen LogP contribution in [0.4, 0.5) is 5.69 Å². The number of rotatable bonds is 5. The number of aromatic nitrogens is 1. The molecule has 1 aliphatic rings. The second-order valence-electron chi connectivity index (χ2n) is 6.33. The molecule has 1 unspecified atom stereocenters. The molecule has 4 rings (SSSR count). The summed E-state index contributed by atoms with van der Waals surface area (Å²) in [6, 6.07) is 8.60. The van der Waals surface area contributed by atoms with Crippen molar-refractivity contribution in [1.82, 2.24) is 4.98 Å². The zero-order valence-electron chi connectivity index (χ0n) is 15.6. The molecule has 0 saturated carbocycles. The Morgan fingerprint density at radius 3 is 2.79 bits per heavy atom. The second-order valence-corrected chi connectivity index (χ2v) is 6.33. The fourth-order valence-corrected chi connectivity index (χ4v) is 3.33. The molecule has 8 nitrogen and oxygen atoms in total. The number of nitrogens with zero attached hydrogens (tertiary/aromatic N) is 1. The van der Waals surface area contributed by atoms with E-state index in [4.69, 9.17) is 18.6 Å². The Bertz CT molecular complexity index is 1090. The molecule has 0 radical (unpaired) electrons. The summed E-state index contributed by atoms with van der Waals surface area (Å²) in [6.45, 7) is 1.76. The van der Waals surface area contributed by atoms with Crippen molar-refractivity contribution in [1.29, 1.82) is 0 Å². The van der Waals surface area contributed by atoms with Crippen LogP contribution in [0.2, 0.25) is 0 Å². The highest BCUT2D eigenvalue weighted by molar-refractivity contribution is 5.99. The molecule has 0 aliphatic carbocycles. The van der Waals surface area contributed by atoms with E-state index >= 15 is 0 Å². The van der Waals surface area contributed by atoms with Crippen molar-refractivity contribution < 1.29 is 28.2 Å². The van der Waals surface area contributed by atoms with E-state index in [2.05, 4.69) is 10.3 Å². The minimum atomic E-state index is -0.694. The number of nitrogens with one attached hydrogen (secondary N) is 1. The molecule has 1 atom stereocenters. The minimum Gasteiger partial charge on any atom is -0.493 e. The number of esters is 1. The van der Waals surface area contributed by atoms with Gasteiger partial charge in [-0.05, 0) is 24.3 Å². The highest BCUT2D eigenvalue weighted by Gasteiger charge is 2.36. The molecule has 3 aromatic rings. The maximum absolute atomic E-state index is 12.5. The van der Waals surface area contributed by atoms with Gasteiger partial charge in [0, 0.05) is 18.2 Å². The van der Waals surface area contributed by atoms with Gasteiger partial charge in [-0.2, -0.15) is 0 Å². The van der Waals surface area contributed by atoms with Crippen LogP contribution < -0.4 is 14.8 Å². The van der Waals surface area contributed by atoms with E-state index < -0.39 is 12.1 Å². The first kappa shape index (κ1) is 17.8. The number of amides is 1. The van der Waals surface area contributed by atoms with Gasteiger partial charge < -0.3 is 23.9 Å². The summed E-state index contributed by atoms with van der Waals surface area (Å²) in [5.74, 6) is 0.458. The first-order valence-electron chi connectivity index (χ1n) is 8.63. The summed E-state index contributed by atoms with van der Waals surface area (Å²) in [5.41, 5.74) is 2.78. The molecule has 1 aliphatic heterocycles. The molecule has 2 aromatic carbocycles. The summed E-state index contributed by atoms with van der Waals surface area (Å²) < 4.78 is 21.3. The van der Waals surface area contributed by atoms with Crippen molar-refractivity contribution in [2.24, 2.45) is 0 Å². The molecule has 8 heteroatoms. The average molecular weight is 382 g/mol. The smallest absolute Gasteiger partial charge is 0.343 e. The number of oxazole rings is 1. The minimum absolute atomic E-state index is 0.0237. The highest BCUT2D eigenvalue weighted by atomic mass is 16.6. The Labute approximate surface area is 160 Å². The van der Waals surface area contributed by atoms with Gasteiger partial charge in [0.05, 0.1) is 20.6 Å². The van der Waals surface area contributed by atoms with Gasteiger partial charge in [-0.15, -0.1) is 0 Å². The maximum Gasteiger partial charge on any atom is 0.343 e. The van der Waals surface area contributed by atoms with Crippen LogP contribution in [0.3, 0.4) is 0 Å². The van der Waals surface area contributed by atoms with Crippen molar-refractivity contribution in [2.75, 3.05) is 19.5 Å². The number of hydrogen-bond donors (Lipinski definition) is 1. The molecule has 1 aromatic heterocycles. The van der Waals surface area contributed by atoms with Gasteiger partial charge >= 0.3 is 5.97 Å². The van der Waals surface area contributed by atoms with Crippen LogP contribution in [0.1, 0.15) is 34.3 Å². The largest absolute Gasteiger partial charge is 0.493 e. The number of carbonyl (C=O) groups is 2. The Balaban J connectivity index is 1.53. The molecule has 1 amide bonds. The Morgan fingerprint density at radius 1 is 1.21 bits per heavy atom. The quantitative estimate of drug-likeness (QED) is 0.675. The van der Waals surface area contributed by atoms with Crippen LogP contribution in [-0.2, 0) is 9.53 Å². The van der Waals surface area contributed by atoms with Gasteiger partial charge in [-0.3, -0.25) is 4.79 Å². The number of ether oxygens (including phenoxy) is 3. The lowest BCUT2D eigenvalue weighted by atomic mass is 10.0. The monoisotopic (exact) mass is 382 g/mol. The third kappa shape index (κ3) is 3.02. The van der Waals surface area contributed by atoms with E-state index in [1.54, 1.807) is 37.3 Å². The molecule has 0 saturated heterocycles. The number of benzene rings is 2. The molecular weight excluding hydrogens is 364 g/mol. The van der Waals surface area contributed by atoms with Crippen molar-refractivity contribution in [2.45, 2.75) is 19.4 Å². The van der Waals surface area contributed by atoms with Crippen LogP contribution in [0.5, 0.6) is 11.5 Å². The zero-order valence-corrected chi connectivity index (χ0v) is 15.6. The van der Waals surface area contributed by atoms with Gasteiger partial charge in [-0.1, -0.05) is 6.07 Å². The fraction of sp³-hybridized carbons (Fsp3) is 0.250.